The van der Waals surface area contributed by atoms with Gasteiger partial charge in [0.25, 0.3) is 0 Å². The summed E-state index contributed by atoms with van der Waals surface area (Å²) < 4.78 is 25.6. The second-order valence-electron chi connectivity index (χ2n) is 11.0. The van der Waals surface area contributed by atoms with Crippen molar-refractivity contribution in [2.24, 2.45) is 5.41 Å². The molecule has 0 radical (unpaired) electrons. The molecule has 4 N–H and O–H groups in total. The molecule has 0 amide bonds. The number of pyridine rings is 1. The Morgan fingerprint density at radius 1 is 1.16 bits per heavy atom. The van der Waals surface area contributed by atoms with Crippen molar-refractivity contribution in [3.8, 4) is 11.1 Å². The van der Waals surface area contributed by atoms with Gasteiger partial charge in [0, 0.05) is 42.2 Å². The number of sulfone groups is 1. The molecule has 37 heavy (non-hydrogen) atoms. The summed E-state index contributed by atoms with van der Waals surface area (Å²) >= 11 is 0. The SMILES string of the molecule is CC1(C)CCc2ncnc(C3CCNc4ccc(-c5cnc(N)c(S(=O)(=O)CCCO)c5)cc4C3)c2C1. The van der Waals surface area contributed by atoms with Gasteiger partial charge in [-0.3, -0.25) is 0 Å². The maximum absolute atomic E-state index is 12.8. The van der Waals surface area contributed by atoms with Gasteiger partial charge < -0.3 is 16.2 Å². The van der Waals surface area contributed by atoms with Crippen LogP contribution >= 0.6 is 0 Å². The van der Waals surface area contributed by atoms with Gasteiger partial charge in [0.15, 0.2) is 9.84 Å². The topological polar surface area (TPSA) is 131 Å². The largest absolute Gasteiger partial charge is 0.396 e. The maximum atomic E-state index is 12.8. The Balaban J connectivity index is 1.48. The summed E-state index contributed by atoms with van der Waals surface area (Å²) in [4.78, 5) is 13.6. The van der Waals surface area contributed by atoms with E-state index in [0.717, 1.165) is 49.9 Å². The van der Waals surface area contributed by atoms with E-state index in [9.17, 15) is 8.42 Å². The van der Waals surface area contributed by atoms with Crippen LogP contribution in [-0.2, 0) is 29.1 Å². The molecule has 5 rings (SSSR count). The molecular formula is C28H35N5O3S. The van der Waals surface area contributed by atoms with Crippen molar-refractivity contribution in [3.05, 3.63) is 59.3 Å². The summed E-state index contributed by atoms with van der Waals surface area (Å²) in [6.45, 7) is 5.30. The Morgan fingerprint density at radius 3 is 2.81 bits per heavy atom. The van der Waals surface area contributed by atoms with Gasteiger partial charge in [-0.2, -0.15) is 0 Å². The van der Waals surface area contributed by atoms with Crippen LogP contribution < -0.4 is 11.1 Å². The fourth-order valence-electron chi connectivity index (χ4n) is 5.57. The lowest BCUT2D eigenvalue weighted by Gasteiger charge is -2.32. The van der Waals surface area contributed by atoms with E-state index in [2.05, 4.69) is 41.3 Å². The zero-order valence-corrected chi connectivity index (χ0v) is 22.3. The molecule has 0 spiro atoms. The molecule has 1 unspecified atom stereocenters. The molecule has 1 atom stereocenters. The fourth-order valence-corrected chi connectivity index (χ4v) is 6.98. The van der Waals surface area contributed by atoms with Crippen molar-refractivity contribution in [3.63, 3.8) is 0 Å². The number of fused-ring (bicyclic) bond motifs is 2. The van der Waals surface area contributed by atoms with E-state index in [1.807, 2.05) is 6.07 Å². The van der Waals surface area contributed by atoms with Crippen LogP contribution in [0.4, 0.5) is 11.5 Å². The number of hydrogen-bond donors (Lipinski definition) is 3. The monoisotopic (exact) mass is 521 g/mol. The first-order chi connectivity index (χ1) is 17.7. The summed E-state index contributed by atoms with van der Waals surface area (Å²) in [5.74, 6) is 0.0811. The van der Waals surface area contributed by atoms with Crippen molar-refractivity contribution in [2.75, 3.05) is 30.0 Å². The lowest BCUT2D eigenvalue weighted by molar-refractivity contribution is 0.295. The standard InChI is InChI=1S/C28H35N5O3S/c1-28(2)8-6-24-22(15-28)26(33-17-32-24)19-7-9-30-23-5-4-18(12-20(23)13-19)21-14-25(27(29)31-16-21)37(35,36)11-3-10-34/h4-5,12,14,16-17,19,30,34H,3,6-11,13,15H2,1-2H3,(H2,29,31). The zero-order valence-electron chi connectivity index (χ0n) is 21.5. The highest BCUT2D eigenvalue weighted by Crippen LogP contribution is 2.40. The van der Waals surface area contributed by atoms with Gasteiger partial charge in [-0.1, -0.05) is 19.9 Å². The number of anilines is 2. The van der Waals surface area contributed by atoms with E-state index >= 15 is 0 Å². The van der Waals surface area contributed by atoms with Crippen LogP contribution in [0.2, 0.25) is 0 Å². The number of nitrogens with two attached hydrogens (primary N) is 1. The van der Waals surface area contributed by atoms with Gasteiger partial charge in [0.2, 0.25) is 0 Å². The minimum atomic E-state index is -3.64. The molecule has 0 saturated carbocycles. The second kappa shape index (κ2) is 10.0. The number of rotatable bonds is 6. The average Bonchev–Trinajstić information content (AvgIpc) is 3.08. The minimum Gasteiger partial charge on any atom is -0.396 e. The van der Waals surface area contributed by atoms with E-state index in [1.165, 1.54) is 22.5 Å². The van der Waals surface area contributed by atoms with Crippen molar-refractivity contribution in [1.82, 2.24) is 15.0 Å². The molecule has 0 saturated heterocycles. The van der Waals surface area contributed by atoms with Crippen LogP contribution in [0.15, 0.2) is 41.7 Å². The zero-order chi connectivity index (χ0) is 26.2. The summed E-state index contributed by atoms with van der Waals surface area (Å²) in [5.41, 5.74) is 13.7. The lowest BCUT2D eigenvalue weighted by Crippen LogP contribution is -2.26. The summed E-state index contributed by atoms with van der Waals surface area (Å²) in [6.07, 6.45) is 8.45. The van der Waals surface area contributed by atoms with Crippen molar-refractivity contribution >= 4 is 21.3 Å². The summed E-state index contributed by atoms with van der Waals surface area (Å²) in [6, 6.07) is 7.76. The molecule has 1 aromatic carbocycles. The number of nitrogens with one attached hydrogen (secondary N) is 1. The van der Waals surface area contributed by atoms with E-state index in [-0.39, 0.29) is 40.8 Å². The number of hydrogen-bond acceptors (Lipinski definition) is 8. The summed E-state index contributed by atoms with van der Waals surface area (Å²) in [5, 5.41) is 12.7. The quantitative estimate of drug-likeness (QED) is 0.445. The van der Waals surface area contributed by atoms with E-state index < -0.39 is 9.84 Å². The molecule has 9 heteroatoms. The molecule has 8 nitrogen and oxygen atoms in total. The fraction of sp³-hybridized carbons (Fsp3) is 0.464. The van der Waals surface area contributed by atoms with Crippen molar-refractivity contribution in [1.29, 1.82) is 0 Å². The van der Waals surface area contributed by atoms with Crippen LogP contribution in [0, 0.1) is 5.41 Å². The molecular weight excluding hydrogens is 486 g/mol. The Bertz CT molecular complexity index is 1420. The second-order valence-corrected chi connectivity index (χ2v) is 13.1. The smallest absolute Gasteiger partial charge is 0.182 e. The van der Waals surface area contributed by atoms with Crippen molar-refractivity contribution in [2.45, 2.75) is 63.2 Å². The third-order valence-corrected chi connectivity index (χ3v) is 9.47. The van der Waals surface area contributed by atoms with Crippen LogP contribution in [-0.4, -0.2) is 47.4 Å². The first kappa shape index (κ1) is 25.6. The maximum Gasteiger partial charge on any atom is 0.182 e. The Morgan fingerprint density at radius 2 is 2.00 bits per heavy atom. The highest BCUT2D eigenvalue weighted by molar-refractivity contribution is 7.91. The highest BCUT2D eigenvalue weighted by atomic mass is 32.2. The van der Waals surface area contributed by atoms with Crippen LogP contribution in [0.5, 0.6) is 0 Å². The molecule has 0 bridgehead atoms. The van der Waals surface area contributed by atoms with Gasteiger partial charge in [0.05, 0.1) is 11.4 Å². The van der Waals surface area contributed by atoms with E-state index in [4.69, 9.17) is 15.8 Å². The number of benzene rings is 1. The Hall–Kier alpha value is -3.04. The van der Waals surface area contributed by atoms with Crippen molar-refractivity contribution < 1.29 is 13.5 Å². The van der Waals surface area contributed by atoms with E-state index in [0.29, 0.717) is 5.56 Å². The Labute approximate surface area is 218 Å². The normalized spacial score (nSPS) is 18.8. The van der Waals surface area contributed by atoms with Gasteiger partial charge in [-0.05, 0) is 78.8 Å². The third-order valence-electron chi connectivity index (χ3n) is 7.65. The summed E-state index contributed by atoms with van der Waals surface area (Å²) in [7, 11) is -3.64. The highest BCUT2D eigenvalue weighted by Gasteiger charge is 2.31. The predicted octanol–water partition coefficient (Wildman–Crippen LogP) is 3.93. The molecule has 1 aliphatic carbocycles. The molecule has 2 aromatic heterocycles. The molecule has 0 fully saturated rings. The first-order valence-electron chi connectivity index (χ1n) is 13.0. The molecule has 2 aliphatic rings. The van der Waals surface area contributed by atoms with Gasteiger partial charge >= 0.3 is 0 Å². The molecule has 1 aliphatic heterocycles. The minimum absolute atomic E-state index is 0.0135. The van der Waals surface area contributed by atoms with Crippen LogP contribution in [0.3, 0.4) is 0 Å². The van der Waals surface area contributed by atoms with E-state index in [1.54, 1.807) is 18.6 Å². The number of nitrogen functional groups attached to an aromatic ring is 1. The third kappa shape index (κ3) is 5.33. The number of aliphatic hydroxyl groups excluding tert-OH is 1. The number of aromatic nitrogens is 3. The molecule has 3 heterocycles. The Kier molecular flexibility index (Phi) is 6.93. The number of aryl methyl sites for hydroxylation is 1. The first-order valence-corrected chi connectivity index (χ1v) is 14.6. The van der Waals surface area contributed by atoms with Gasteiger partial charge in [0.1, 0.15) is 17.0 Å². The average molecular weight is 522 g/mol. The van der Waals surface area contributed by atoms with Crippen LogP contribution in [0.1, 0.15) is 61.5 Å². The number of nitrogens with zero attached hydrogens (tertiary/aromatic N) is 3. The predicted molar refractivity (Wildman–Crippen MR) is 145 cm³/mol. The molecule has 196 valence electrons. The van der Waals surface area contributed by atoms with Crippen LogP contribution in [0.25, 0.3) is 11.1 Å². The lowest BCUT2D eigenvalue weighted by atomic mass is 9.74. The molecule has 3 aromatic rings. The van der Waals surface area contributed by atoms with Gasteiger partial charge in [-0.15, -0.1) is 0 Å². The van der Waals surface area contributed by atoms with Gasteiger partial charge in [-0.25, -0.2) is 23.4 Å². The number of aliphatic hydroxyl groups is 1.